The number of aryl methyl sites for hydroxylation is 1. The van der Waals surface area contributed by atoms with Gasteiger partial charge in [0.1, 0.15) is 5.60 Å². The highest BCUT2D eigenvalue weighted by Gasteiger charge is 2.26. The molecule has 2 unspecified atom stereocenters. The Morgan fingerprint density at radius 3 is 2.50 bits per heavy atom. The number of hydrogen-bond acceptors (Lipinski definition) is 3. The molecule has 1 rings (SSSR count). The van der Waals surface area contributed by atoms with Gasteiger partial charge in [-0.2, -0.15) is 0 Å². The molecule has 0 saturated carbocycles. The maximum Gasteiger partial charge on any atom is 0.410 e. The van der Waals surface area contributed by atoms with E-state index in [1.165, 1.54) is 0 Å². The van der Waals surface area contributed by atoms with E-state index in [1.807, 2.05) is 52.8 Å². The molecule has 2 atom stereocenters. The molecule has 0 aliphatic rings. The van der Waals surface area contributed by atoms with Crippen molar-refractivity contribution in [3.8, 4) is 0 Å². The van der Waals surface area contributed by atoms with E-state index in [-0.39, 0.29) is 18.2 Å². The molecule has 1 aromatic rings. The normalized spacial score (nSPS) is 14.4. The monoisotopic (exact) mass is 326 g/mol. The summed E-state index contributed by atoms with van der Waals surface area (Å²) >= 11 is 6.03. The molecule has 0 saturated heterocycles. The number of rotatable bonds is 4. The van der Waals surface area contributed by atoms with Crippen LogP contribution in [-0.4, -0.2) is 35.7 Å². The summed E-state index contributed by atoms with van der Waals surface area (Å²) < 4.78 is 5.37. The molecular weight excluding hydrogens is 300 g/mol. The number of amides is 1. The van der Waals surface area contributed by atoms with Crippen molar-refractivity contribution in [1.82, 2.24) is 4.90 Å². The van der Waals surface area contributed by atoms with Crippen molar-refractivity contribution in [2.45, 2.75) is 58.7 Å². The van der Waals surface area contributed by atoms with Crippen LogP contribution in [0.25, 0.3) is 0 Å². The van der Waals surface area contributed by atoms with E-state index in [0.717, 1.165) is 16.1 Å². The van der Waals surface area contributed by atoms with Gasteiger partial charge in [-0.15, -0.1) is 0 Å². The minimum Gasteiger partial charge on any atom is -0.444 e. The minimum atomic E-state index is -0.511. The third-order valence-corrected chi connectivity index (χ3v) is 4.03. The van der Waals surface area contributed by atoms with E-state index in [0.29, 0.717) is 6.42 Å². The zero-order chi connectivity index (χ0) is 17.1. The number of carbonyl (C=O) groups excluding carboxylic acids is 1. The number of halogens is 1. The van der Waals surface area contributed by atoms with Crippen LogP contribution in [0.2, 0.25) is 5.02 Å². The second kappa shape index (κ2) is 7.34. The zero-order valence-electron chi connectivity index (χ0n) is 14.3. The molecule has 0 aliphatic carbocycles. The van der Waals surface area contributed by atoms with Gasteiger partial charge in [-0.3, -0.25) is 0 Å². The van der Waals surface area contributed by atoms with E-state index in [9.17, 15) is 4.79 Å². The van der Waals surface area contributed by atoms with Gasteiger partial charge in [0.25, 0.3) is 0 Å². The van der Waals surface area contributed by atoms with Crippen LogP contribution >= 0.6 is 11.6 Å². The third-order valence-electron chi connectivity index (χ3n) is 3.61. The summed E-state index contributed by atoms with van der Waals surface area (Å²) in [4.78, 5) is 13.6. The van der Waals surface area contributed by atoms with E-state index >= 15 is 0 Å². The van der Waals surface area contributed by atoms with E-state index in [1.54, 1.807) is 11.9 Å². The smallest absolute Gasteiger partial charge is 0.410 e. The molecule has 0 spiro atoms. The van der Waals surface area contributed by atoms with Gasteiger partial charge < -0.3 is 15.4 Å². The number of ether oxygens (including phenoxy) is 1. The molecule has 0 aliphatic heterocycles. The molecule has 22 heavy (non-hydrogen) atoms. The Kier molecular flexibility index (Phi) is 6.27. The zero-order valence-corrected chi connectivity index (χ0v) is 15.1. The first-order valence-corrected chi connectivity index (χ1v) is 7.85. The standard InChI is InChI=1S/C17H27ClN2O2/c1-11-9-13(7-8-14(11)18)10-15(19)12(2)20(6)16(21)22-17(3,4)5/h7-9,12,15H,10,19H2,1-6H3. The SMILES string of the molecule is Cc1cc(CC(N)C(C)N(C)C(=O)OC(C)(C)C)ccc1Cl. The first-order valence-electron chi connectivity index (χ1n) is 7.47. The summed E-state index contributed by atoms with van der Waals surface area (Å²) in [5, 5.41) is 0.747. The lowest BCUT2D eigenvalue weighted by Gasteiger charge is -2.32. The molecule has 0 aromatic heterocycles. The van der Waals surface area contributed by atoms with Crippen LogP contribution in [0.1, 0.15) is 38.8 Å². The summed E-state index contributed by atoms with van der Waals surface area (Å²) in [6.45, 7) is 9.43. The summed E-state index contributed by atoms with van der Waals surface area (Å²) in [5.41, 5.74) is 7.88. The number of hydrogen-bond donors (Lipinski definition) is 1. The van der Waals surface area contributed by atoms with Crippen LogP contribution in [0.4, 0.5) is 4.79 Å². The lowest BCUT2D eigenvalue weighted by Crippen LogP contribution is -2.49. The predicted octanol–water partition coefficient (Wildman–Crippen LogP) is 3.77. The lowest BCUT2D eigenvalue weighted by molar-refractivity contribution is 0.0215. The van der Waals surface area contributed by atoms with Crippen LogP contribution < -0.4 is 5.73 Å². The molecule has 2 N–H and O–H groups in total. The van der Waals surface area contributed by atoms with Crippen molar-refractivity contribution in [1.29, 1.82) is 0 Å². The van der Waals surface area contributed by atoms with Crippen LogP contribution in [0.5, 0.6) is 0 Å². The van der Waals surface area contributed by atoms with Gasteiger partial charge in [0.2, 0.25) is 0 Å². The Labute approximate surface area is 138 Å². The fraction of sp³-hybridized carbons (Fsp3) is 0.588. The quantitative estimate of drug-likeness (QED) is 0.916. The fourth-order valence-electron chi connectivity index (χ4n) is 2.06. The third kappa shape index (κ3) is 5.50. The Balaban J connectivity index is 2.69. The summed E-state index contributed by atoms with van der Waals surface area (Å²) in [6.07, 6.45) is 0.314. The van der Waals surface area contributed by atoms with E-state index in [4.69, 9.17) is 22.1 Å². The Morgan fingerprint density at radius 2 is 2.00 bits per heavy atom. The van der Waals surface area contributed by atoms with E-state index < -0.39 is 5.60 Å². The molecule has 124 valence electrons. The highest BCUT2D eigenvalue weighted by Crippen LogP contribution is 2.18. The minimum absolute atomic E-state index is 0.133. The van der Waals surface area contributed by atoms with Crippen molar-refractivity contribution in [2.75, 3.05) is 7.05 Å². The first-order chi connectivity index (χ1) is 10.0. The number of benzene rings is 1. The van der Waals surface area contributed by atoms with Gasteiger partial charge >= 0.3 is 6.09 Å². The Hall–Kier alpha value is -1.26. The van der Waals surface area contributed by atoms with Gasteiger partial charge in [-0.25, -0.2) is 4.79 Å². The molecule has 0 bridgehead atoms. The number of likely N-dealkylation sites (N-methyl/N-ethyl adjacent to an activating group) is 1. The number of carbonyl (C=O) groups is 1. The molecule has 5 heteroatoms. The van der Waals surface area contributed by atoms with Gasteiger partial charge in [0, 0.05) is 24.2 Å². The Morgan fingerprint density at radius 1 is 1.41 bits per heavy atom. The molecule has 0 radical (unpaired) electrons. The largest absolute Gasteiger partial charge is 0.444 e. The predicted molar refractivity (Wildman–Crippen MR) is 91.3 cm³/mol. The number of nitrogens with zero attached hydrogens (tertiary/aromatic N) is 1. The molecule has 0 heterocycles. The van der Waals surface area contributed by atoms with Crippen LogP contribution in [-0.2, 0) is 11.2 Å². The van der Waals surface area contributed by atoms with Gasteiger partial charge in [0.05, 0.1) is 0 Å². The molecule has 4 nitrogen and oxygen atoms in total. The van der Waals surface area contributed by atoms with Crippen molar-refractivity contribution in [3.05, 3.63) is 34.3 Å². The van der Waals surface area contributed by atoms with Crippen LogP contribution in [0.15, 0.2) is 18.2 Å². The first kappa shape index (κ1) is 18.8. The van der Waals surface area contributed by atoms with Crippen LogP contribution in [0.3, 0.4) is 0 Å². The molecule has 0 fully saturated rings. The molecule has 1 aromatic carbocycles. The maximum absolute atomic E-state index is 12.1. The maximum atomic E-state index is 12.1. The number of nitrogens with two attached hydrogens (primary N) is 1. The van der Waals surface area contributed by atoms with Gasteiger partial charge in [-0.05, 0) is 58.2 Å². The second-order valence-electron chi connectivity index (χ2n) is 6.78. The highest BCUT2D eigenvalue weighted by molar-refractivity contribution is 6.31. The average Bonchev–Trinajstić information content (AvgIpc) is 2.39. The Bertz CT molecular complexity index is 526. The van der Waals surface area contributed by atoms with Crippen molar-refractivity contribution in [3.63, 3.8) is 0 Å². The van der Waals surface area contributed by atoms with Gasteiger partial charge in [-0.1, -0.05) is 23.7 Å². The summed E-state index contributed by atoms with van der Waals surface area (Å²) in [6, 6.07) is 5.56. The summed E-state index contributed by atoms with van der Waals surface area (Å²) in [7, 11) is 1.71. The van der Waals surface area contributed by atoms with Crippen molar-refractivity contribution < 1.29 is 9.53 Å². The lowest BCUT2D eigenvalue weighted by atomic mass is 9.99. The molecule has 1 amide bonds. The topological polar surface area (TPSA) is 55.6 Å². The molecular formula is C17H27ClN2O2. The summed E-state index contributed by atoms with van der Waals surface area (Å²) in [5.74, 6) is 0. The highest BCUT2D eigenvalue weighted by atomic mass is 35.5. The fourth-order valence-corrected chi connectivity index (χ4v) is 2.18. The average molecular weight is 327 g/mol. The van der Waals surface area contributed by atoms with Crippen molar-refractivity contribution in [2.24, 2.45) is 5.73 Å². The second-order valence-corrected chi connectivity index (χ2v) is 7.19. The van der Waals surface area contributed by atoms with Crippen molar-refractivity contribution >= 4 is 17.7 Å². The van der Waals surface area contributed by atoms with Crippen LogP contribution in [0, 0.1) is 6.92 Å². The van der Waals surface area contributed by atoms with Gasteiger partial charge in [0.15, 0.2) is 0 Å². The van der Waals surface area contributed by atoms with E-state index in [2.05, 4.69) is 0 Å².